The Morgan fingerprint density at radius 2 is 1.74 bits per heavy atom. The van der Waals surface area contributed by atoms with Crippen molar-refractivity contribution in [2.45, 2.75) is 102 Å². The van der Waals surface area contributed by atoms with E-state index in [9.17, 15) is 13.2 Å². The number of carbonyl (C=O) groups is 1. The van der Waals surface area contributed by atoms with Gasteiger partial charge < -0.3 is 19.7 Å². The maximum atomic E-state index is 14.0. The van der Waals surface area contributed by atoms with Gasteiger partial charge in [0.05, 0.1) is 37.5 Å². The van der Waals surface area contributed by atoms with Crippen molar-refractivity contribution in [3.05, 3.63) is 17.8 Å². The van der Waals surface area contributed by atoms with Crippen molar-refractivity contribution in [1.29, 1.82) is 0 Å². The Hall–Kier alpha value is -1.75. The van der Waals surface area contributed by atoms with Crippen LogP contribution >= 0.6 is 0 Å². The molecule has 3 aliphatic rings. The van der Waals surface area contributed by atoms with E-state index in [2.05, 4.69) is 10.3 Å². The first-order valence-electron chi connectivity index (χ1n) is 12.4. The first-order valence-corrected chi connectivity index (χ1v) is 13.8. The summed E-state index contributed by atoms with van der Waals surface area (Å²) in [5, 5.41) is 3.11. The molecule has 5 atom stereocenters. The van der Waals surface area contributed by atoms with Crippen LogP contribution < -0.4 is 10.2 Å². The minimum Gasteiger partial charge on any atom is -0.377 e. The molecule has 4 heterocycles. The normalized spacial score (nSPS) is 33.1. The van der Waals surface area contributed by atoms with Gasteiger partial charge in [0, 0.05) is 18.3 Å². The van der Waals surface area contributed by atoms with E-state index in [0.29, 0.717) is 38.4 Å². The summed E-state index contributed by atoms with van der Waals surface area (Å²) in [7, 11) is -3.94. The second-order valence-electron chi connectivity index (χ2n) is 10.1. The molecule has 0 radical (unpaired) electrons. The van der Waals surface area contributed by atoms with Gasteiger partial charge in [-0.3, -0.25) is 4.79 Å². The van der Waals surface area contributed by atoms with Crippen molar-refractivity contribution in [1.82, 2.24) is 14.6 Å². The van der Waals surface area contributed by atoms with E-state index in [4.69, 9.17) is 9.47 Å². The summed E-state index contributed by atoms with van der Waals surface area (Å²) in [6.07, 6.45) is 2.75. The lowest BCUT2D eigenvalue weighted by atomic mass is 9.99. The van der Waals surface area contributed by atoms with Crippen LogP contribution in [0.4, 0.5) is 5.82 Å². The minimum absolute atomic E-state index is 0.0111. The number of hydrogen-bond donors (Lipinski definition) is 1. The van der Waals surface area contributed by atoms with Gasteiger partial charge in [-0.2, -0.15) is 4.31 Å². The van der Waals surface area contributed by atoms with Crippen LogP contribution in [0.1, 0.15) is 59.1 Å². The van der Waals surface area contributed by atoms with Gasteiger partial charge in [0.1, 0.15) is 16.8 Å². The van der Waals surface area contributed by atoms with E-state index < -0.39 is 16.1 Å². The highest BCUT2D eigenvalue weighted by molar-refractivity contribution is 7.89. The second-order valence-corrected chi connectivity index (χ2v) is 12.0. The second kappa shape index (κ2) is 10.1. The number of nitrogens with one attached hydrogen (secondary N) is 1. The molecule has 34 heavy (non-hydrogen) atoms. The Morgan fingerprint density at radius 1 is 1.09 bits per heavy atom. The summed E-state index contributed by atoms with van der Waals surface area (Å²) in [4.78, 5) is 20.1. The van der Waals surface area contributed by atoms with Gasteiger partial charge in [-0.25, -0.2) is 13.4 Å². The number of pyridine rings is 1. The maximum absolute atomic E-state index is 14.0. The molecule has 2 unspecified atom stereocenters. The van der Waals surface area contributed by atoms with E-state index in [1.807, 2.05) is 39.5 Å². The zero-order valence-corrected chi connectivity index (χ0v) is 21.7. The van der Waals surface area contributed by atoms with Crippen LogP contribution in [-0.4, -0.2) is 79.7 Å². The SMILES string of the molecule is Cc1ccc(S(=O)(=O)N2CCC[C@H]2C(=O)NC2CC(C)OC(C)C2)c(N2[C@@H](C)COC[C@@H]2C)n1. The topological polar surface area (TPSA) is 101 Å². The molecule has 0 spiro atoms. The van der Waals surface area contributed by atoms with E-state index >= 15 is 0 Å². The van der Waals surface area contributed by atoms with Crippen LogP contribution in [-0.2, 0) is 24.3 Å². The quantitative estimate of drug-likeness (QED) is 0.670. The molecule has 3 aliphatic heterocycles. The highest BCUT2D eigenvalue weighted by Crippen LogP contribution is 2.34. The number of carbonyl (C=O) groups excluding carboxylic acids is 1. The molecule has 1 aromatic heterocycles. The standard InChI is InChI=1S/C24H38N4O5S/c1-15-8-9-22(23(25-15)28-16(2)13-32-14-17(28)3)34(30,31)27-10-6-7-21(27)24(29)26-20-11-18(4)33-19(5)12-20/h8-9,16-21H,6-7,10-14H2,1-5H3,(H,26,29)/t16-,17-,18?,19?,20?,21-/m0/s1. The van der Waals surface area contributed by atoms with Crippen molar-refractivity contribution in [2.24, 2.45) is 0 Å². The molecule has 0 aromatic carbocycles. The first-order chi connectivity index (χ1) is 16.1. The zero-order valence-electron chi connectivity index (χ0n) is 20.9. The zero-order chi connectivity index (χ0) is 24.6. The number of amides is 1. The number of hydrogen-bond acceptors (Lipinski definition) is 7. The number of sulfonamides is 1. The maximum Gasteiger partial charge on any atom is 0.247 e. The predicted molar refractivity (Wildman–Crippen MR) is 129 cm³/mol. The lowest BCUT2D eigenvalue weighted by Crippen LogP contribution is -2.52. The first kappa shape index (κ1) is 25.3. The number of morpholine rings is 1. The highest BCUT2D eigenvalue weighted by atomic mass is 32.2. The third-order valence-electron chi connectivity index (χ3n) is 7.03. The number of rotatable bonds is 5. The molecule has 3 saturated heterocycles. The number of nitrogens with zero attached hydrogens (tertiary/aromatic N) is 3. The Kier molecular flexibility index (Phi) is 7.52. The molecular weight excluding hydrogens is 456 g/mol. The molecular formula is C24H38N4O5S. The van der Waals surface area contributed by atoms with Crippen molar-refractivity contribution >= 4 is 21.7 Å². The van der Waals surface area contributed by atoms with Crippen molar-refractivity contribution < 1.29 is 22.7 Å². The molecule has 1 amide bonds. The van der Waals surface area contributed by atoms with Gasteiger partial charge in [-0.15, -0.1) is 0 Å². The van der Waals surface area contributed by atoms with E-state index in [-0.39, 0.29) is 41.1 Å². The summed E-state index contributed by atoms with van der Waals surface area (Å²) in [6, 6.07) is 2.61. The van der Waals surface area contributed by atoms with Gasteiger partial charge in [0.25, 0.3) is 0 Å². The van der Waals surface area contributed by atoms with Crippen molar-refractivity contribution in [2.75, 3.05) is 24.7 Å². The fraction of sp³-hybridized carbons (Fsp3) is 0.750. The fourth-order valence-corrected chi connectivity index (χ4v) is 7.35. The van der Waals surface area contributed by atoms with Crippen LogP contribution in [0.3, 0.4) is 0 Å². The van der Waals surface area contributed by atoms with Gasteiger partial charge in [-0.1, -0.05) is 0 Å². The lowest BCUT2D eigenvalue weighted by Gasteiger charge is -2.40. The Morgan fingerprint density at radius 3 is 2.38 bits per heavy atom. The highest BCUT2D eigenvalue weighted by Gasteiger charge is 2.43. The number of ether oxygens (including phenoxy) is 2. The minimum atomic E-state index is -3.94. The average Bonchev–Trinajstić information content (AvgIpc) is 3.24. The Balaban J connectivity index is 1.61. The van der Waals surface area contributed by atoms with Gasteiger partial charge in [0.15, 0.2) is 0 Å². The third kappa shape index (κ3) is 5.10. The number of anilines is 1. The molecule has 1 N–H and O–H groups in total. The Bertz CT molecular complexity index is 983. The predicted octanol–water partition coefficient (Wildman–Crippen LogP) is 2.23. The average molecular weight is 495 g/mol. The van der Waals surface area contributed by atoms with Crippen molar-refractivity contribution in [3.63, 3.8) is 0 Å². The summed E-state index contributed by atoms with van der Waals surface area (Å²) >= 11 is 0. The van der Waals surface area contributed by atoms with Gasteiger partial charge in [-0.05, 0) is 72.4 Å². The smallest absolute Gasteiger partial charge is 0.247 e. The van der Waals surface area contributed by atoms with Crippen molar-refractivity contribution in [3.8, 4) is 0 Å². The molecule has 4 rings (SSSR count). The molecule has 0 saturated carbocycles. The summed E-state index contributed by atoms with van der Waals surface area (Å²) < 4.78 is 40.7. The van der Waals surface area contributed by atoms with E-state index in [1.54, 1.807) is 12.1 Å². The monoisotopic (exact) mass is 494 g/mol. The fourth-order valence-electron chi connectivity index (χ4n) is 5.57. The Labute approximate surface area is 203 Å². The van der Waals surface area contributed by atoms with Crippen LogP contribution in [0.5, 0.6) is 0 Å². The summed E-state index contributed by atoms with van der Waals surface area (Å²) in [5.41, 5.74) is 0.748. The van der Waals surface area contributed by atoms with Crippen LogP contribution in [0, 0.1) is 6.92 Å². The van der Waals surface area contributed by atoms with E-state index in [1.165, 1.54) is 4.31 Å². The molecule has 10 heteroatoms. The molecule has 3 fully saturated rings. The third-order valence-corrected chi connectivity index (χ3v) is 8.96. The molecule has 9 nitrogen and oxygen atoms in total. The van der Waals surface area contributed by atoms with Crippen LogP contribution in [0.15, 0.2) is 17.0 Å². The van der Waals surface area contributed by atoms with E-state index in [0.717, 1.165) is 18.5 Å². The molecule has 0 bridgehead atoms. The molecule has 190 valence electrons. The van der Waals surface area contributed by atoms with Crippen LogP contribution in [0.2, 0.25) is 0 Å². The summed E-state index contributed by atoms with van der Waals surface area (Å²) in [6.45, 7) is 11.2. The lowest BCUT2D eigenvalue weighted by molar-refractivity contribution is -0.126. The summed E-state index contributed by atoms with van der Waals surface area (Å²) in [5.74, 6) is 0.226. The molecule has 0 aliphatic carbocycles. The molecule has 1 aromatic rings. The number of aromatic nitrogens is 1. The number of aryl methyl sites for hydroxylation is 1. The van der Waals surface area contributed by atoms with Gasteiger partial charge >= 0.3 is 0 Å². The largest absolute Gasteiger partial charge is 0.377 e. The van der Waals surface area contributed by atoms with Gasteiger partial charge in [0.2, 0.25) is 15.9 Å². The van der Waals surface area contributed by atoms with Crippen LogP contribution in [0.25, 0.3) is 0 Å².